The van der Waals surface area contributed by atoms with E-state index < -0.39 is 10.0 Å². The highest BCUT2D eigenvalue weighted by Crippen LogP contribution is 2.30. The molecule has 1 aliphatic rings. The second-order valence-electron chi connectivity index (χ2n) is 5.26. The number of hydrogen-bond donors (Lipinski definition) is 1. The number of carbonyl (C=O) groups is 1. The van der Waals surface area contributed by atoms with Crippen molar-refractivity contribution in [1.29, 1.82) is 0 Å². The zero-order chi connectivity index (χ0) is 17.0. The molecule has 0 aliphatic carbocycles. The van der Waals surface area contributed by atoms with E-state index in [1.54, 1.807) is 12.1 Å². The average Bonchev–Trinajstić information content (AvgIpc) is 2.55. The molecule has 23 heavy (non-hydrogen) atoms. The first-order valence-electron chi connectivity index (χ1n) is 7.19. The highest BCUT2D eigenvalue weighted by molar-refractivity contribution is 7.89. The maximum atomic E-state index is 12.3. The number of rotatable bonds is 5. The van der Waals surface area contributed by atoms with Crippen LogP contribution in [0.15, 0.2) is 35.7 Å². The van der Waals surface area contributed by atoms with Crippen LogP contribution in [0.5, 0.6) is 0 Å². The molecule has 0 aromatic heterocycles. The molecule has 0 bridgehead atoms. The minimum atomic E-state index is -3.58. The zero-order valence-electron chi connectivity index (χ0n) is 13.3. The molecule has 7 nitrogen and oxygen atoms in total. The summed E-state index contributed by atoms with van der Waals surface area (Å²) < 4.78 is 31.0. The van der Waals surface area contributed by atoms with E-state index in [4.69, 9.17) is 4.74 Å². The molecule has 1 aromatic rings. The summed E-state index contributed by atoms with van der Waals surface area (Å²) in [5.41, 5.74) is 1.21. The highest BCUT2D eigenvalue weighted by Gasteiger charge is 2.22. The molecule has 126 valence electrons. The second-order valence-corrected chi connectivity index (χ2v) is 7.41. The van der Waals surface area contributed by atoms with E-state index >= 15 is 0 Å². The second kappa shape index (κ2) is 7.12. The Balaban J connectivity index is 2.45. The van der Waals surface area contributed by atoms with Gasteiger partial charge in [-0.15, -0.1) is 0 Å². The predicted octanol–water partition coefficient (Wildman–Crippen LogP) is 0.898. The van der Waals surface area contributed by atoms with Gasteiger partial charge in [-0.3, -0.25) is 4.79 Å². The first-order valence-corrected chi connectivity index (χ1v) is 8.63. The van der Waals surface area contributed by atoms with Gasteiger partial charge in [0.2, 0.25) is 15.9 Å². The summed E-state index contributed by atoms with van der Waals surface area (Å²) in [6, 6.07) is 4.73. The molecule has 1 fully saturated rings. The van der Waals surface area contributed by atoms with Crippen LogP contribution in [0.1, 0.15) is 0 Å². The Hall–Kier alpha value is -1.90. The molecule has 0 saturated carbocycles. The smallest absolute Gasteiger partial charge is 0.247 e. The summed E-state index contributed by atoms with van der Waals surface area (Å²) in [6.07, 6.45) is 1.15. The van der Waals surface area contributed by atoms with Gasteiger partial charge in [-0.25, -0.2) is 12.7 Å². The van der Waals surface area contributed by atoms with Crippen LogP contribution in [-0.4, -0.2) is 59.0 Å². The number of carbonyl (C=O) groups excluding carboxylic acids is 1. The summed E-state index contributed by atoms with van der Waals surface area (Å²) >= 11 is 0. The Morgan fingerprint density at radius 2 is 2.00 bits per heavy atom. The third-order valence-corrected chi connectivity index (χ3v) is 5.35. The highest BCUT2D eigenvalue weighted by atomic mass is 32.2. The van der Waals surface area contributed by atoms with Crippen molar-refractivity contribution in [1.82, 2.24) is 4.31 Å². The Morgan fingerprint density at radius 3 is 2.57 bits per heavy atom. The van der Waals surface area contributed by atoms with Crippen molar-refractivity contribution in [2.75, 3.05) is 50.6 Å². The van der Waals surface area contributed by atoms with E-state index in [-0.39, 0.29) is 10.8 Å². The molecule has 2 rings (SSSR count). The fourth-order valence-corrected chi connectivity index (χ4v) is 3.18. The quantitative estimate of drug-likeness (QED) is 0.806. The van der Waals surface area contributed by atoms with Crippen molar-refractivity contribution in [2.24, 2.45) is 0 Å². The number of morpholine rings is 1. The Labute approximate surface area is 136 Å². The van der Waals surface area contributed by atoms with Gasteiger partial charge in [0.15, 0.2) is 0 Å². The number of nitrogens with zero attached hydrogens (tertiary/aromatic N) is 2. The lowest BCUT2D eigenvalue weighted by molar-refractivity contribution is -0.111. The Kier molecular flexibility index (Phi) is 5.40. The Morgan fingerprint density at radius 1 is 1.35 bits per heavy atom. The normalized spacial score (nSPS) is 15.5. The van der Waals surface area contributed by atoms with Crippen LogP contribution < -0.4 is 10.2 Å². The third kappa shape index (κ3) is 3.90. The van der Waals surface area contributed by atoms with Crippen LogP contribution in [-0.2, 0) is 19.6 Å². The summed E-state index contributed by atoms with van der Waals surface area (Å²) in [6.45, 7) is 5.96. The van der Waals surface area contributed by atoms with Crippen LogP contribution in [0, 0.1) is 0 Å². The lowest BCUT2D eigenvalue weighted by Gasteiger charge is -2.30. The largest absolute Gasteiger partial charge is 0.378 e. The molecule has 1 amide bonds. The van der Waals surface area contributed by atoms with Gasteiger partial charge >= 0.3 is 0 Å². The standard InChI is InChI=1S/C15H21N3O4S/c1-4-15(19)16-13-11-12(23(20,21)17(2)3)5-6-14(13)18-7-9-22-10-8-18/h4-6,11H,1,7-10H2,2-3H3,(H,16,19). The molecule has 0 radical (unpaired) electrons. The maximum Gasteiger partial charge on any atom is 0.247 e. The number of hydrogen-bond acceptors (Lipinski definition) is 5. The minimum absolute atomic E-state index is 0.124. The summed E-state index contributed by atoms with van der Waals surface area (Å²) in [7, 11) is -0.645. The van der Waals surface area contributed by atoms with Gasteiger partial charge in [-0.1, -0.05) is 6.58 Å². The van der Waals surface area contributed by atoms with E-state index in [9.17, 15) is 13.2 Å². The predicted molar refractivity (Wildman–Crippen MR) is 89.2 cm³/mol. The number of benzene rings is 1. The van der Waals surface area contributed by atoms with Crippen molar-refractivity contribution in [2.45, 2.75) is 4.90 Å². The van der Waals surface area contributed by atoms with Crippen molar-refractivity contribution in [3.8, 4) is 0 Å². The van der Waals surface area contributed by atoms with E-state index in [1.807, 2.05) is 4.90 Å². The van der Waals surface area contributed by atoms with Crippen LogP contribution in [0.2, 0.25) is 0 Å². The van der Waals surface area contributed by atoms with Crippen LogP contribution >= 0.6 is 0 Å². The molecule has 0 unspecified atom stereocenters. The summed E-state index contributed by atoms with van der Waals surface area (Å²) in [5, 5.41) is 2.69. The maximum absolute atomic E-state index is 12.3. The molecule has 1 N–H and O–H groups in total. The molecule has 1 heterocycles. The van der Waals surface area contributed by atoms with E-state index in [2.05, 4.69) is 11.9 Å². The molecule has 8 heteroatoms. The van der Waals surface area contributed by atoms with Crippen molar-refractivity contribution in [3.05, 3.63) is 30.9 Å². The van der Waals surface area contributed by atoms with Crippen molar-refractivity contribution < 1.29 is 17.9 Å². The SMILES string of the molecule is C=CC(=O)Nc1cc(S(=O)(=O)N(C)C)ccc1N1CCOCC1. The monoisotopic (exact) mass is 339 g/mol. The van der Waals surface area contributed by atoms with E-state index in [0.29, 0.717) is 32.0 Å². The number of amides is 1. The van der Waals surface area contributed by atoms with Crippen LogP contribution in [0.3, 0.4) is 0 Å². The molecule has 1 aromatic carbocycles. The molecule has 0 atom stereocenters. The minimum Gasteiger partial charge on any atom is -0.378 e. The van der Waals surface area contributed by atoms with Gasteiger partial charge in [0.05, 0.1) is 29.5 Å². The fourth-order valence-electron chi connectivity index (χ4n) is 2.25. The van der Waals surface area contributed by atoms with Gasteiger partial charge < -0.3 is 15.0 Å². The van der Waals surface area contributed by atoms with Gasteiger partial charge in [-0.2, -0.15) is 0 Å². The Bertz CT molecular complexity index is 695. The van der Waals surface area contributed by atoms with Gasteiger partial charge in [0, 0.05) is 27.2 Å². The topological polar surface area (TPSA) is 79.0 Å². The van der Waals surface area contributed by atoms with Gasteiger partial charge in [-0.05, 0) is 24.3 Å². The van der Waals surface area contributed by atoms with Gasteiger partial charge in [0.25, 0.3) is 0 Å². The lowest BCUT2D eigenvalue weighted by Crippen LogP contribution is -2.36. The first-order chi connectivity index (χ1) is 10.9. The summed E-state index contributed by atoms with van der Waals surface area (Å²) in [4.78, 5) is 13.9. The average molecular weight is 339 g/mol. The molecular formula is C15H21N3O4S. The fraction of sp³-hybridized carbons (Fsp3) is 0.400. The molecular weight excluding hydrogens is 318 g/mol. The molecule has 1 saturated heterocycles. The number of anilines is 2. The number of ether oxygens (including phenoxy) is 1. The van der Waals surface area contributed by atoms with Gasteiger partial charge in [0.1, 0.15) is 0 Å². The lowest BCUT2D eigenvalue weighted by atomic mass is 10.2. The zero-order valence-corrected chi connectivity index (χ0v) is 14.1. The molecule has 0 spiro atoms. The molecule has 1 aliphatic heterocycles. The van der Waals surface area contributed by atoms with E-state index in [0.717, 1.165) is 16.1 Å². The third-order valence-electron chi connectivity index (χ3n) is 3.54. The number of sulfonamides is 1. The number of nitrogens with one attached hydrogen (secondary N) is 1. The van der Waals surface area contributed by atoms with E-state index in [1.165, 1.54) is 20.2 Å². The van der Waals surface area contributed by atoms with Crippen LogP contribution in [0.4, 0.5) is 11.4 Å². The van der Waals surface area contributed by atoms with Crippen LogP contribution in [0.25, 0.3) is 0 Å². The van der Waals surface area contributed by atoms with Crippen molar-refractivity contribution in [3.63, 3.8) is 0 Å². The first kappa shape index (κ1) is 17.5. The summed E-state index contributed by atoms with van der Waals surface area (Å²) in [5.74, 6) is -0.390. The van der Waals surface area contributed by atoms with Crippen molar-refractivity contribution >= 4 is 27.3 Å².